The van der Waals surface area contributed by atoms with Crippen molar-refractivity contribution in [1.29, 1.82) is 0 Å². The summed E-state index contributed by atoms with van der Waals surface area (Å²) in [5, 5.41) is 0.944. The van der Waals surface area contributed by atoms with Crippen molar-refractivity contribution >= 4 is 15.9 Å². The molecule has 102 valence electrons. The maximum Gasteiger partial charge on any atom is 0.391 e. The summed E-state index contributed by atoms with van der Waals surface area (Å²) < 4.78 is 37.5. The number of halogens is 4. The molecular formula is C12H21BrF3N. The molecule has 0 aromatic rings. The first-order valence-electron chi connectivity index (χ1n) is 6.32. The van der Waals surface area contributed by atoms with Crippen LogP contribution in [0.5, 0.6) is 0 Å². The van der Waals surface area contributed by atoms with Crippen LogP contribution in [0.1, 0.15) is 32.6 Å². The summed E-state index contributed by atoms with van der Waals surface area (Å²) in [6.45, 7) is 4.27. The molecule has 1 nitrogen and oxygen atoms in total. The SMILES string of the molecule is CCCC(CBr)CN1CCC(C(F)(F)F)CC1. The number of hydrogen-bond donors (Lipinski definition) is 0. The Morgan fingerprint density at radius 2 is 1.88 bits per heavy atom. The van der Waals surface area contributed by atoms with Gasteiger partial charge >= 0.3 is 6.18 Å². The molecule has 0 aliphatic carbocycles. The van der Waals surface area contributed by atoms with Crippen LogP contribution in [-0.4, -0.2) is 36.0 Å². The van der Waals surface area contributed by atoms with Crippen molar-refractivity contribution in [3.05, 3.63) is 0 Å². The van der Waals surface area contributed by atoms with Gasteiger partial charge < -0.3 is 4.90 Å². The second-order valence-electron chi connectivity index (χ2n) is 4.93. The highest BCUT2D eigenvalue weighted by Gasteiger charge is 2.41. The summed E-state index contributed by atoms with van der Waals surface area (Å²) in [7, 11) is 0. The molecule has 5 heteroatoms. The van der Waals surface area contributed by atoms with Gasteiger partial charge in [-0.1, -0.05) is 29.3 Å². The van der Waals surface area contributed by atoms with Crippen LogP contribution in [0, 0.1) is 11.8 Å². The molecular weight excluding hydrogens is 295 g/mol. The number of hydrogen-bond acceptors (Lipinski definition) is 1. The van der Waals surface area contributed by atoms with Crippen molar-refractivity contribution in [2.24, 2.45) is 11.8 Å². The molecule has 0 amide bonds. The van der Waals surface area contributed by atoms with E-state index in [4.69, 9.17) is 0 Å². The molecule has 1 rings (SSSR count). The first kappa shape index (κ1) is 15.3. The van der Waals surface area contributed by atoms with Crippen LogP contribution in [-0.2, 0) is 0 Å². The lowest BCUT2D eigenvalue weighted by molar-refractivity contribution is -0.185. The summed E-state index contributed by atoms with van der Waals surface area (Å²) in [6, 6.07) is 0. The van der Waals surface area contributed by atoms with E-state index in [-0.39, 0.29) is 12.8 Å². The first-order valence-corrected chi connectivity index (χ1v) is 7.44. The monoisotopic (exact) mass is 315 g/mol. The molecule has 1 saturated heterocycles. The van der Waals surface area contributed by atoms with Gasteiger partial charge in [-0.15, -0.1) is 0 Å². The van der Waals surface area contributed by atoms with Crippen molar-refractivity contribution in [2.45, 2.75) is 38.8 Å². The lowest BCUT2D eigenvalue weighted by Gasteiger charge is -2.34. The second-order valence-corrected chi connectivity index (χ2v) is 5.57. The van der Waals surface area contributed by atoms with E-state index in [0.717, 1.165) is 24.7 Å². The molecule has 1 heterocycles. The highest BCUT2D eigenvalue weighted by Crippen LogP contribution is 2.34. The van der Waals surface area contributed by atoms with Gasteiger partial charge in [-0.2, -0.15) is 13.2 Å². The summed E-state index contributed by atoms with van der Waals surface area (Å²) in [5.74, 6) is -0.505. The molecule has 0 bridgehead atoms. The zero-order valence-electron chi connectivity index (χ0n) is 10.3. The van der Waals surface area contributed by atoms with Gasteiger partial charge in [-0.05, 0) is 38.3 Å². The van der Waals surface area contributed by atoms with Gasteiger partial charge in [0.1, 0.15) is 0 Å². The van der Waals surface area contributed by atoms with Crippen molar-refractivity contribution in [1.82, 2.24) is 4.90 Å². The van der Waals surface area contributed by atoms with Crippen LogP contribution in [0.3, 0.4) is 0 Å². The fourth-order valence-corrected chi connectivity index (χ4v) is 2.96. The number of rotatable bonds is 5. The Morgan fingerprint density at radius 3 is 2.29 bits per heavy atom. The fourth-order valence-electron chi connectivity index (χ4n) is 2.43. The van der Waals surface area contributed by atoms with Crippen molar-refractivity contribution in [3.8, 4) is 0 Å². The topological polar surface area (TPSA) is 3.24 Å². The molecule has 17 heavy (non-hydrogen) atoms. The van der Waals surface area contributed by atoms with Crippen LogP contribution < -0.4 is 0 Å². The standard InChI is InChI=1S/C12H21BrF3N/c1-2-3-10(8-13)9-17-6-4-11(5-7-17)12(14,15)16/h10-11H,2-9H2,1H3. The molecule has 0 aromatic heterocycles. The summed E-state index contributed by atoms with van der Waals surface area (Å²) in [6.07, 6.45) is -1.18. The van der Waals surface area contributed by atoms with E-state index >= 15 is 0 Å². The molecule has 1 fully saturated rings. The van der Waals surface area contributed by atoms with E-state index in [1.807, 2.05) is 0 Å². The second kappa shape index (κ2) is 6.98. The third-order valence-corrected chi connectivity index (χ3v) is 4.40. The smallest absolute Gasteiger partial charge is 0.303 e. The van der Waals surface area contributed by atoms with E-state index in [2.05, 4.69) is 27.8 Å². The minimum Gasteiger partial charge on any atom is -0.303 e. The van der Waals surface area contributed by atoms with Gasteiger partial charge in [0.05, 0.1) is 5.92 Å². The third kappa shape index (κ3) is 5.16. The van der Waals surface area contributed by atoms with Gasteiger partial charge in [-0.25, -0.2) is 0 Å². The van der Waals surface area contributed by atoms with Crippen molar-refractivity contribution in [2.75, 3.05) is 25.0 Å². The lowest BCUT2D eigenvalue weighted by atomic mass is 9.95. The lowest BCUT2D eigenvalue weighted by Crippen LogP contribution is -2.41. The average Bonchev–Trinajstić information content (AvgIpc) is 2.28. The Kier molecular flexibility index (Phi) is 6.27. The fraction of sp³-hybridized carbons (Fsp3) is 1.00. The maximum atomic E-state index is 12.5. The zero-order valence-corrected chi connectivity index (χ0v) is 11.9. The molecule has 0 radical (unpaired) electrons. The largest absolute Gasteiger partial charge is 0.391 e. The van der Waals surface area contributed by atoms with E-state index in [1.54, 1.807) is 0 Å². The van der Waals surface area contributed by atoms with Gasteiger partial charge in [0.15, 0.2) is 0 Å². The third-order valence-electron chi connectivity index (χ3n) is 3.48. The van der Waals surface area contributed by atoms with Crippen LogP contribution in [0.2, 0.25) is 0 Å². The number of piperidine rings is 1. The Morgan fingerprint density at radius 1 is 1.29 bits per heavy atom. The predicted octanol–water partition coefficient (Wildman–Crippen LogP) is 4.07. The minimum atomic E-state index is -4.00. The minimum absolute atomic E-state index is 0.268. The van der Waals surface area contributed by atoms with E-state index in [0.29, 0.717) is 19.0 Å². The molecule has 0 aromatic carbocycles. The molecule has 1 atom stereocenters. The Balaban J connectivity index is 2.31. The van der Waals surface area contributed by atoms with Gasteiger partial charge in [-0.3, -0.25) is 0 Å². The molecule has 0 saturated carbocycles. The van der Waals surface area contributed by atoms with Crippen molar-refractivity contribution < 1.29 is 13.2 Å². The Labute approximate surface area is 110 Å². The van der Waals surface area contributed by atoms with Gasteiger partial charge in [0.25, 0.3) is 0 Å². The van der Waals surface area contributed by atoms with E-state index in [1.165, 1.54) is 0 Å². The Bertz CT molecular complexity index is 212. The summed E-state index contributed by atoms with van der Waals surface area (Å²) >= 11 is 3.48. The molecule has 0 N–H and O–H groups in total. The van der Waals surface area contributed by atoms with Gasteiger partial charge in [0.2, 0.25) is 0 Å². The van der Waals surface area contributed by atoms with Gasteiger partial charge in [0, 0.05) is 11.9 Å². The van der Waals surface area contributed by atoms with E-state index in [9.17, 15) is 13.2 Å². The first-order chi connectivity index (χ1) is 7.97. The molecule has 1 unspecified atom stereocenters. The van der Waals surface area contributed by atoms with Crippen LogP contribution in [0.15, 0.2) is 0 Å². The molecule has 1 aliphatic rings. The van der Waals surface area contributed by atoms with Crippen molar-refractivity contribution in [3.63, 3.8) is 0 Å². The number of alkyl halides is 4. The van der Waals surface area contributed by atoms with Crippen LogP contribution in [0.25, 0.3) is 0 Å². The Hall–Kier alpha value is 0.230. The van der Waals surface area contributed by atoms with Crippen LogP contribution >= 0.6 is 15.9 Å². The highest BCUT2D eigenvalue weighted by atomic mass is 79.9. The normalized spacial score (nSPS) is 21.7. The quantitative estimate of drug-likeness (QED) is 0.691. The van der Waals surface area contributed by atoms with E-state index < -0.39 is 12.1 Å². The highest BCUT2D eigenvalue weighted by molar-refractivity contribution is 9.09. The average molecular weight is 316 g/mol. The predicted molar refractivity (Wildman–Crippen MR) is 67.4 cm³/mol. The molecule has 0 spiro atoms. The maximum absolute atomic E-state index is 12.5. The summed E-state index contributed by atoms with van der Waals surface area (Å²) in [4.78, 5) is 2.18. The number of likely N-dealkylation sites (tertiary alicyclic amines) is 1. The number of nitrogens with zero attached hydrogens (tertiary/aromatic N) is 1. The summed E-state index contributed by atoms with van der Waals surface area (Å²) in [5.41, 5.74) is 0. The zero-order chi connectivity index (χ0) is 12.9. The molecule has 1 aliphatic heterocycles. The van der Waals surface area contributed by atoms with Crippen LogP contribution in [0.4, 0.5) is 13.2 Å².